The Morgan fingerprint density at radius 3 is 2.64 bits per heavy atom. The molecule has 150 valence electrons. The summed E-state index contributed by atoms with van der Waals surface area (Å²) in [5, 5.41) is 5.90. The van der Waals surface area contributed by atoms with Crippen molar-refractivity contribution in [1.82, 2.24) is 14.7 Å². The van der Waals surface area contributed by atoms with Crippen LogP contribution in [0, 0.1) is 5.92 Å². The quantitative estimate of drug-likeness (QED) is 0.722. The third kappa shape index (κ3) is 3.59. The fraction of sp³-hybridized carbons (Fsp3) is 0.609. The third-order valence-electron chi connectivity index (χ3n) is 6.55. The summed E-state index contributed by atoms with van der Waals surface area (Å²) in [6.07, 6.45) is 10.2. The van der Waals surface area contributed by atoms with E-state index in [4.69, 9.17) is 0 Å². The topological polar surface area (TPSA) is 55.2 Å². The minimum absolute atomic E-state index is 0.0111. The third-order valence-corrected chi connectivity index (χ3v) is 6.55. The summed E-state index contributed by atoms with van der Waals surface area (Å²) in [6, 6.07) is 7.80. The first-order valence-electron chi connectivity index (χ1n) is 11.0. The molecule has 1 aromatic heterocycles. The Kier molecular flexibility index (Phi) is 5.79. The second kappa shape index (κ2) is 8.46. The summed E-state index contributed by atoms with van der Waals surface area (Å²) in [6.45, 7) is 3.53. The summed E-state index contributed by atoms with van der Waals surface area (Å²) in [4.78, 5) is 28.6. The molecule has 1 aromatic carbocycles. The second-order valence-electron chi connectivity index (χ2n) is 8.38. The minimum atomic E-state index is -0.0857. The summed E-state index contributed by atoms with van der Waals surface area (Å²) in [5.74, 6) is 0.644. The minimum Gasteiger partial charge on any atom is -0.334 e. The second-order valence-corrected chi connectivity index (χ2v) is 8.38. The van der Waals surface area contributed by atoms with Crippen molar-refractivity contribution in [3.05, 3.63) is 40.3 Å². The first-order chi connectivity index (χ1) is 13.7. The molecule has 0 N–H and O–H groups in total. The molecule has 0 radical (unpaired) electrons. The summed E-state index contributed by atoms with van der Waals surface area (Å²) in [5.41, 5.74) is 0.371. The van der Waals surface area contributed by atoms with E-state index >= 15 is 0 Å². The Hall–Kier alpha value is -2.17. The van der Waals surface area contributed by atoms with Crippen LogP contribution in [-0.4, -0.2) is 33.2 Å². The largest absolute Gasteiger partial charge is 0.334 e. The van der Waals surface area contributed by atoms with Gasteiger partial charge in [0.05, 0.1) is 5.39 Å². The number of likely N-dealkylation sites (tertiary alicyclic amines) is 1. The van der Waals surface area contributed by atoms with Crippen molar-refractivity contribution in [3.8, 4) is 0 Å². The van der Waals surface area contributed by atoms with Crippen LogP contribution >= 0.6 is 0 Å². The maximum absolute atomic E-state index is 13.6. The van der Waals surface area contributed by atoms with Gasteiger partial charge in [0.25, 0.3) is 11.5 Å². The lowest BCUT2D eigenvalue weighted by molar-refractivity contribution is 0.0385. The van der Waals surface area contributed by atoms with Crippen molar-refractivity contribution < 1.29 is 4.79 Å². The van der Waals surface area contributed by atoms with Gasteiger partial charge in [0, 0.05) is 24.5 Å². The predicted molar refractivity (Wildman–Crippen MR) is 112 cm³/mol. The van der Waals surface area contributed by atoms with E-state index in [1.54, 1.807) is 0 Å². The van der Waals surface area contributed by atoms with E-state index in [9.17, 15) is 9.59 Å². The zero-order valence-electron chi connectivity index (χ0n) is 16.9. The van der Waals surface area contributed by atoms with E-state index in [-0.39, 0.29) is 11.5 Å². The standard InChI is InChI=1S/C23H31N3O2/c1-2-3-8-16-26-22(27)19-13-6-5-12-18(19)21(24-26)23(28)25-15-9-11-17-10-4-7-14-20(17)25/h5-6,12-13,17,20H,2-4,7-11,14-16H2,1H3. The average molecular weight is 382 g/mol. The van der Waals surface area contributed by atoms with E-state index in [0.717, 1.165) is 38.6 Å². The number of piperidine rings is 1. The number of benzene rings is 1. The van der Waals surface area contributed by atoms with Gasteiger partial charge in [-0.05, 0) is 44.1 Å². The number of hydrogen-bond donors (Lipinski definition) is 0. The molecule has 28 heavy (non-hydrogen) atoms. The molecule has 2 atom stereocenters. The predicted octanol–water partition coefficient (Wildman–Crippen LogP) is 4.38. The van der Waals surface area contributed by atoms with E-state index in [1.165, 1.54) is 30.4 Å². The number of carbonyl (C=O) groups is 1. The molecule has 2 fully saturated rings. The van der Waals surface area contributed by atoms with Crippen molar-refractivity contribution in [2.75, 3.05) is 6.54 Å². The van der Waals surface area contributed by atoms with Crippen LogP contribution in [-0.2, 0) is 6.54 Å². The Morgan fingerprint density at radius 2 is 1.82 bits per heavy atom. The molecule has 1 saturated carbocycles. The van der Waals surface area contributed by atoms with Crippen LogP contribution in [0.4, 0.5) is 0 Å². The molecule has 5 nitrogen and oxygen atoms in total. The van der Waals surface area contributed by atoms with Crippen LogP contribution in [0.25, 0.3) is 10.8 Å². The molecule has 0 spiro atoms. The van der Waals surface area contributed by atoms with Crippen molar-refractivity contribution >= 4 is 16.7 Å². The van der Waals surface area contributed by atoms with Crippen LogP contribution in [0.2, 0.25) is 0 Å². The van der Waals surface area contributed by atoms with Crippen molar-refractivity contribution in [2.45, 2.75) is 77.3 Å². The monoisotopic (exact) mass is 381 g/mol. The highest BCUT2D eigenvalue weighted by Gasteiger charge is 2.37. The number of unbranched alkanes of at least 4 members (excludes halogenated alkanes) is 2. The highest BCUT2D eigenvalue weighted by Crippen LogP contribution is 2.36. The maximum Gasteiger partial charge on any atom is 0.275 e. The normalized spacial score (nSPS) is 22.2. The number of fused-ring (bicyclic) bond motifs is 2. The van der Waals surface area contributed by atoms with Gasteiger partial charge >= 0.3 is 0 Å². The van der Waals surface area contributed by atoms with E-state index < -0.39 is 0 Å². The molecular formula is C23H31N3O2. The zero-order chi connectivity index (χ0) is 19.5. The Labute approximate surface area is 166 Å². The smallest absolute Gasteiger partial charge is 0.275 e. The first kappa shape index (κ1) is 19.2. The van der Waals surface area contributed by atoms with E-state index in [0.29, 0.717) is 35.0 Å². The van der Waals surface area contributed by atoms with Gasteiger partial charge < -0.3 is 4.90 Å². The lowest BCUT2D eigenvalue weighted by Gasteiger charge is -2.44. The molecule has 2 aliphatic rings. The fourth-order valence-electron chi connectivity index (χ4n) is 5.07. The van der Waals surface area contributed by atoms with Crippen molar-refractivity contribution in [2.24, 2.45) is 5.92 Å². The molecule has 1 aliphatic carbocycles. The number of nitrogens with zero attached hydrogens (tertiary/aromatic N) is 3. The molecule has 5 heteroatoms. The van der Waals surface area contributed by atoms with E-state index in [2.05, 4.69) is 16.9 Å². The van der Waals surface area contributed by atoms with Crippen LogP contribution in [0.3, 0.4) is 0 Å². The number of aromatic nitrogens is 2. The number of carbonyl (C=O) groups excluding carboxylic acids is 1. The molecule has 0 bridgehead atoms. The number of aryl methyl sites for hydroxylation is 1. The Bertz CT molecular complexity index is 902. The molecular weight excluding hydrogens is 350 g/mol. The molecule has 4 rings (SSSR count). The Morgan fingerprint density at radius 1 is 1.07 bits per heavy atom. The maximum atomic E-state index is 13.6. The SMILES string of the molecule is CCCCCn1nc(C(=O)N2CCCC3CCCCC32)c2ccccc2c1=O. The Balaban J connectivity index is 1.73. The van der Waals surface area contributed by atoms with Crippen molar-refractivity contribution in [3.63, 3.8) is 0 Å². The van der Waals surface area contributed by atoms with Crippen LogP contribution in [0.5, 0.6) is 0 Å². The summed E-state index contributed by atoms with van der Waals surface area (Å²) in [7, 11) is 0. The average Bonchev–Trinajstić information content (AvgIpc) is 2.74. The summed E-state index contributed by atoms with van der Waals surface area (Å²) >= 11 is 0. The van der Waals surface area contributed by atoms with E-state index in [1.807, 2.05) is 24.3 Å². The van der Waals surface area contributed by atoms with Gasteiger partial charge in [-0.3, -0.25) is 9.59 Å². The molecule has 2 aromatic rings. The first-order valence-corrected chi connectivity index (χ1v) is 11.0. The van der Waals surface area contributed by atoms with Crippen molar-refractivity contribution in [1.29, 1.82) is 0 Å². The molecule has 2 unspecified atom stereocenters. The molecule has 1 aliphatic heterocycles. The molecule has 1 saturated heterocycles. The zero-order valence-corrected chi connectivity index (χ0v) is 16.9. The van der Waals surface area contributed by atoms with Gasteiger partial charge in [-0.1, -0.05) is 50.8 Å². The van der Waals surface area contributed by atoms with Crippen LogP contribution in [0.1, 0.15) is 75.2 Å². The highest BCUT2D eigenvalue weighted by molar-refractivity contribution is 6.04. The lowest BCUT2D eigenvalue weighted by atomic mass is 9.78. The van der Waals surface area contributed by atoms with Gasteiger partial charge in [-0.2, -0.15) is 5.10 Å². The van der Waals surface area contributed by atoms with Crippen LogP contribution < -0.4 is 5.56 Å². The lowest BCUT2D eigenvalue weighted by Crippen LogP contribution is -2.50. The number of rotatable bonds is 5. The number of amides is 1. The van der Waals surface area contributed by atoms with Gasteiger partial charge in [0.2, 0.25) is 0 Å². The summed E-state index contributed by atoms with van der Waals surface area (Å²) < 4.78 is 1.52. The van der Waals surface area contributed by atoms with Crippen LogP contribution in [0.15, 0.2) is 29.1 Å². The van der Waals surface area contributed by atoms with Gasteiger partial charge in [0.15, 0.2) is 5.69 Å². The van der Waals surface area contributed by atoms with Gasteiger partial charge in [-0.15, -0.1) is 0 Å². The molecule has 2 heterocycles. The van der Waals surface area contributed by atoms with Gasteiger partial charge in [-0.25, -0.2) is 4.68 Å². The highest BCUT2D eigenvalue weighted by atomic mass is 16.2. The van der Waals surface area contributed by atoms with Gasteiger partial charge in [0.1, 0.15) is 0 Å². The molecule has 1 amide bonds. The fourth-order valence-corrected chi connectivity index (χ4v) is 5.07. The number of hydrogen-bond acceptors (Lipinski definition) is 3.